The molecule has 1 N–H and O–H groups in total. The fraction of sp³-hybridized carbons (Fsp3) is 0.538. The first kappa shape index (κ1) is 13.5. The Morgan fingerprint density at radius 2 is 2.17 bits per heavy atom. The van der Waals surface area contributed by atoms with Crippen LogP contribution in [0.3, 0.4) is 0 Å². The highest BCUT2D eigenvalue weighted by molar-refractivity contribution is 9.10. The van der Waals surface area contributed by atoms with Crippen LogP contribution in [0.25, 0.3) is 0 Å². The van der Waals surface area contributed by atoms with Crippen molar-refractivity contribution in [3.05, 3.63) is 38.3 Å². The third kappa shape index (κ3) is 3.09. The molecule has 0 spiro atoms. The van der Waals surface area contributed by atoms with Gasteiger partial charge < -0.3 is 5.32 Å². The van der Waals surface area contributed by atoms with Crippen molar-refractivity contribution in [2.75, 3.05) is 0 Å². The zero-order valence-corrected chi connectivity index (χ0v) is 12.2. The highest BCUT2D eigenvalue weighted by Gasteiger charge is 2.37. The Labute approximate surface area is 115 Å². The van der Waals surface area contributed by atoms with Crippen molar-refractivity contribution >= 4 is 21.6 Å². The van der Waals surface area contributed by atoms with Gasteiger partial charge in [0.05, 0.1) is 4.92 Å². The average Bonchev–Trinajstić information content (AvgIpc) is 3.11. The highest BCUT2D eigenvalue weighted by Crippen LogP contribution is 2.39. The van der Waals surface area contributed by atoms with Crippen LogP contribution in [-0.4, -0.2) is 10.5 Å². The molecule has 1 aromatic rings. The van der Waals surface area contributed by atoms with E-state index in [1.165, 1.54) is 12.8 Å². The Morgan fingerprint density at radius 3 is 2.72 bits per heavy atom. The van der Waals surface area contributed by atoms with Gasteiger partial charge in [-0.2, -0.15) is 0 Å². The lowest BCUT2D eigenvalue weighted by Crippen LogP contribution is -2.40. The molecule has 1 aromatic carbocycles. The highest BCUT2D eigenvalue weighted by atomic mass is 79.9. The number of halogens is 1. The smallest absolute Gasteiger partial charge is 0.275 e. The standard InChI is InChI=1S/C13H17BrN2O2/c1-13(2,10-4-5-10)15-8-9-3-6-11(14)7-12(9)16(17)18/h3,6-7,10,15H,4-5,8H2,1-2H3. The Kier molecular flexibility index (Phi) is 3.73. The van der Waals surface area contributed by atoms with Crippen LogP contribution in [0.2, 0.25) is 0 Å². The van der Waals surface area contributed by atoms with E-state index in [0.29, 0.717) is 12.5 Å². The fourth-order valence-electron chi connectivity index (χ4n) is 2.13. The zero-order chi connectivity index (χ0) is 13.3. The summed E-state index contributed by atoms with van der Waals surface area (Å²) in [6, 6.07) is 5.20. The fourth-order valence-corrected chi connectivity index (χ4v) is 2.48. The molecular formula is C13H17BrN2O2. The maximum atomic E-state index is 11.0. The molecule has 98 valence electrons. The summed E-state index contributed by atoms with van der Waals surface area (Å²) in [5.74, 6) is 0.701. The Hall–Kier alpha value is -0.940. The van der Waals surface area contributed by atoms with Crippen LogP contribution >= 0.6 is 15.9 Å². The number of nitro groups is 1. The van der Waals surface area contributed by atoms with Gasteiger partial charge in [0, 0.05) is 28.2 Å². The summed E-state index contributed by atoms with van der Waals surface area (Å²) in [4.78, 5) is 10.7. The number of nitrogens with zero attached hydrogens (tertiary/aromatic N) is 1. The largest absolute Gasteiger partial charge is 0.307 e. The molecule has 4 nitrogen and oxygen atoms in total. The Morgan fingerprint density at radius 1 is 1.50 bits per heavy atom. The molecule has 0 aliphatic heterocycles. The molecule has 0 atom stereocenters. The predicted octanol–water partition coefficient (Wildman–Crippen LogP) is 3.64. The van der Waals surface area contributed by atoms with Gasteiger partial charge in [-0.15, -0.1) is 0 Å². The summed E-state index contributed by atoms with van der Waals surface area (Å²) in [5.41, 5.74) is 0.960. The Balaban J connectivity index is 2.11. The summed E-state index contributed by atoms with van der Waals surface area (Å²) < 4.78 is 0.736. The summed E-state index contributed by atoms with van der Waals surface area (Å²) in [6.45, 7) is 4.86. The van der Waals surface area contributed by atoms with E-state index in [1.54, 1.807) is 12.1 Å². The van der Waals surface area contributed by atoms with Crippen molar-refractivity contribution in [3.8, 4) is 0 Å². The molecule has 0 unspecified atom stereocenters. The summed E-state index contributed by atoms with van der Waals surface area (Å²) in [7, 11) is 0. The summed E-state index contributed by atoms with van der Waals surface area (Å²) in [5, 5.41) is 14.4. The molecule has 1 aliphatic carbocycles. The molecular weight excluding hydrogens is 296 g/mol. The van der Waals surface area contributed by atoms with E-state index in [4.69, 9.17) is 0 Å². The Bertz CT molecular complexity index is 470. The molecule has 0 saturated heterocycles. The van der Waals surface area contributed by atoms with Crippen LogP contribution < -0.4 is 5.32 Å². The lowest BCUT2D eigenvalue weighted by molar-refractivity contribution is -0.385. The van der Waals surface area contributed by atoms with Crippen LogP contribution in [0.15, 0.2) is 22.7 Å². The van der Waals surface area contributed by atoms with Crippen molar-refractivity contribution in [2.24, 2.45) is 5.92 Å². The molecule has 0 radical (unpaired) electrons. The number of nitrogens with one attached hydrogen (secondary N) is 1. The van der Waals surface area contributed by atoms with E-state index in [1.807, 2.05) is 6.07 Å². The quantitative estimate of drug-likeness (QED) is 0.667. The maximum Gasteiger partial charge on any atom is 0.275 e. The predicted molar refractivity (Wildman–Crippen MR) is 74.4 cm³/mol. The number of nitro benzene ring substituents is 1. The molecule has 18 heavy (non-hydrogen) atoms. The van der Waals surface area contributed by atoms with Gasteiger partial charge in [-0.1, -0.05) is 15.9 Å². The summed E-state index contributed by atoms with van der Waals surface area (Å²) in [6.07, 6.45) is 2.50. The van der Waals surface area contributed by atoms with Crippen LogP contribution in [0.1, 0.15) is 32.3 Å². The molecule has 0 amide bonds. The third-order valence-corrected chi connectivity index (χ3v) is 4.07. The van der Waals surface area contributed by atoms with Crippen LogP contribution in [0, 0.1) is 16.0 Å². The molecule has 0 heterocycles. The molecule has 1 saturated carbocycles. The number of hydrogen-bond acceptors (Lipinski definition) is 3. The van der Waals surface area contributed by atoms with E-state index in [-0.39, 0.29) is 16.1 Å². The van der Waals surface area contributed by atoms with E-state index in [9.17, 15) is 10.1 Å². The minimum Gasteiger partial charge on any atom is -0.307 e. The molecule has 5 heteroatoms. The average molecular weight is 313 g/mol. The molecule has 1 aliphatic rings. The lowest BCUT2D eigenvalue weighted by atomic mass is 9.98. The van der Waals surface area contributed by atoms with Crippen molar-refractivity contribution < 1.29 is 4.92 Å². The third-order valence-electron chi connectivity index (χ3n) is 3.58. The molecule has 1 fully saturated rings. The van der Waals surface area contributed by atoms with E-state index >= 15 is 0 Å². The van der Waals surface area contributed by atoms with Crippen molar-refractivity contribution in [3.63, 3.8) is 0 Å². The van der Waals surface area contributed by atoms with Gasteiger partial charge in [-0.25, -0.2) is 0 Å². The lowest BCUT2D eigenvalue weighted by Gasteiger charge is -2.26. The van der Waals surface area contributed by atoms with E-state index in [0.717, 1.165) is 10.0 Å². The van der Waals surface area contributed by atoms with E-state index < -0.39 is 0 Å². The zero-order valence-electron chi connectivity index (χ0n) is 10.6. The van der Waals surface area contributed by atoms with Gasteiger partial charge >= 0.3 is 0 Å². The second-order valence-electron chi connectivity index (χ2n) is 5.38. The molecule has 0 bridgehead atoms. The summed E-state index contributed by atoms with van der Waals surface area (Å²) >= 11 is 3.26. The van der Waals surface area contributed by atoms with Gasteiger partial charge in [0.2, 0.25) is 0 Å². The van der Waals surface area contributed by atoms with Gasteiger partial charge in [0.25, 0.3) is 5.69 Å². The van der Waals surface area contributed by atoms with Gasteiger partial charge in [0.1, 0.15) is 0 Å². The van der Waals surface area contributed by atoms with Crippen LogP contribution in [0.5, 0.6) is 0 Å². The first-order valence-corrected chi connectivity index (χ1v) is 6.87. The van der Waals surface area contributed by atoms with Crippen molar-refractivity contribution in [2.45, 2.75) is 38.8 Å². The van der Waals surface area contributed by atoms with Crippen LogP contribution in [0.4, 0.5) is 5.69 Å². The second kappa shape index (κ2) is 4.97. The number of rotatable bonds is 5. The van der Waals surface area contributed by atoms with E-state index in [2.05, 4.69) is 35.1 Å². The first-order chi connectivity index (χ1) is 8.40. The minimum atomic E-state index is -0.327. The number of hydrogen-bond donors (Lipinski definition) is 1. The minimum absolute atomic E-state index is 0.0565. The van der Waals surface area contributed by atoms with Crippen molar-refractivity contribution in [1.82, 2.24) is 5.32 Å². The normalized spacial score (nSPS) is 15.7. The second-order valence-corrected chi connectivity index (χ2v) is 6.30. The first-order valence-electron chi connectivity index (χ1n) is 6.08. The van der Waals surface area contributed by atoms with Gasteiger partial charge in [0.15, 0.2) is 0 Å². The SMILES string of the molecule is CC(C)(NCc1ccc(Br)cc1[N+](=O)[O-])C1CC1. The van der Waals surface area contributed by atoms with Crippen LogP contribution in [-0.2, 0) is 6.54 Å². The monoisotopic (exact) mass is 312 g/mol. The topological polar surface area (TPSA) is 55.2 Å². The van der Waals surface area contributed by atoms with Gasteiger partial charge in [-0.3, -0.25) is 10.1 Å². The number of benzene rings is 1. The molecule has 0 aromatic heterocycles. The molecule has 2 rings (SSSR count). The van der Waals surface area contributed by atoms with Gasteiger partial charge in [-0.05, 0) is 44.7 Å². The van der Waals surface area contributed by atoms with Crippen molar-refractivity contribution in [1.29, 1.82) is 0 Å². The maximum absolute atomic E-state index is 11.0.